The Hall–Kier alpha value is -4.01. The van der Waals surface area contributed by atoms with Crippen molar-refractivity contribution in [2.45, 2.75) is 69.2 Å². The summed E-state index contributed by atoms with van der Waals surface area (Å²) in [5, 5.41) is 14.7. The third-order valence-electron chi connectivity index (χ3n) is 8.44. The summed E-state index contributed by atoms with van der Waals surface area (Å²) < 4.78 is 0. The fraction of sp³-hybridized carbons (Fsp3) is 0.400. The summed E-state index contributed by atoms with van der Waals surface area (Å²) in [6.45, 7) is 1.66. The predicted molar refractivity (Wildman–Crippen MR) is 170 cm³/mol. The Morgan fingerprint density at radius 3 is 2.21 bits per heavy atom. The SMILES string of the molecule is C[C@@H](O)CNC(=O)[C@@H](Cc1ccccc1)N(C)C(=O)[C@@H](Cc1ccc2ccccc2c1)N(C)C(=O)/C=C/CC1(N)CCC1. The van der Waals surface area contributed by atoms with Crippen LogP contribution in [0.2, 0.25) is 0 Å². The van der Waals surface area contributed by atoms with Gasteiger partial charge in [-0.1, -0.05) is 78.9 Å². The summed E-state index contributed by atoms with van der Waals surface area (Å²) in [7, 11) is 3.24. The fourth-order valence-corrected chi connectivity index (χ4v) is 5.48. The molecule has 0 aromatic heterocycles. The van der Waals surface area contributed by atoms with E-state index in [1.165, 1.54) is 15.9 Å². The average Bonchev–Trinajstić information content (AvgIpc) is 2.99. The van der Waals surface area contributed by atoms with Crippen LogP contribution in [0.3, 0.4) is 0 Å². The lowest BCUT2D eigenvalue weighted by Crippen LogP contribution is -2.56. The van der Waals surface area contributed by atoms with Crippen molar-refractivity contribution in [3.8, 4) is 0 Å². The molecular formula is C35H44N4O4. The van der Waals surface area contributed by atoms with Gasteiger partial charge in [0, 0.05) is 39.0 Å². The van der Waals surface area contributed by atoms with E-state index < -0.39 is 18.2 Å². The number of aliphatic hydroxyl groups is 1. The first kappa shape index (κ1) is 31.9. The maximum Gasteiger partial charge on any atom is 0.246 e. The van der Waals surface area contributed by atoms with Crippen LogP contribution in [0.1, 0.15) is 43.7 Å². The number of carbonyl (C=O) groups is 3. The van der Waals surface area contributed by atoms with E-state index in [0.29, 0.717) is 6.42 Å². The number of benzene rings is 3. The van der Waals surface area contributed by atoms with Crippen molar-refractivity contribution in [3.63, 3.8) is 0 Å². The summed E-state index contributed by atoms with van der Waals surface area (Å²) in [6.07, 6.45) is 6.73. The second-order valence-corrected chi connectivity index (χ2v) is 11.9. The van der Waals surface area contributed by atoms with Crippen LogP contribution in [0.4, 0.5) is 0 Å². The number of aliphatic hydroxyl groups excluding tert-OH is 1. The van der Waals surface area contributed by atoms with E-state index >= 15 is 0 Å². The number of likely N-dealkylation sites (N-methyl/N-ethyl adjacent to an activating group) is 2. The molecular weight excluding hydrogens is 540 g/mol. The quantitative estimate of drug-likeness (QED) is 0.266. The molecule has 1 aliphatic carbocycles. The van der Waals surface area contributed by atoms with Gasteiger partial charge in [0.15, 0.2) is 0 Å². The molecule has 4 rings (SSSR count). The zero-order valence-corrected chi connectivity index (χ0v) is 25.4. The maximum atomic E-state index is 14.3. The molecule has 0 heterocycles. The molecule has 3 aromatic rings. The van der Waals surface area contributed by atoms with Crippen LogP contribution >= 0.6 is 0 Å². The number of hydrogen-bond donors (Lipinski definition) is 3. The zero-order chi connectivity index (χ0) is 31.0. The van der Waals surface area contributed by atoms with Gasteiger partial charge >= 0.3 is 0 Å². The molecule has 1 aliphatic rings. The van der Waals surface area contributed by atoms with E-state index in [4.69, 9.17) is 5.73 Å². The molecule has 43 heavy (non-hydrogen) atoms. The summed E-state index contributed by atoms with van der Waals surface area (Å²) in [6, 6.07) is 21.8. The Morgan fingerprint density at radius 2 is 1.56 bits per heavy atom. The number of nitrogens with two attached hydrogens (primary N) is 1. The molecule has 0 radical (unpaired) electrons. The molecule has 1 saturated carbocycles. The van der Waals surface area contributed by atoms with Crippen molar-refractivity contribution in [1.82, 2.24) is 15.1 Å². The van der Waals surface area contributed by atoms with Crippen molar-refractivity contribution < 1.29 is 19.5 Å². The van der Waals surface area contributed by atoms with E-state index in [-0.39, 0.29) is 42.6 Å². The van der Waals surface area contributed by atoms with Crippen LogP contribution in [0.5, 0.6) is 0 Å². The zero-order valence-electron chi connectivity index (χ0n) is 25.4. The number of rotatable bonds is 13. The van der Waals surface area contributed by atoms with E-state index in [0.717, 1.165) is 41.2 Å². The second-order valence-electron chi connectivity index (χ2n) is 11.9. The lowest BCUT2D eigenvalue weighted by molar-refractivity contribution is -0.146. The van der Waals surface area contributed by atoms with E-state index in [1.54, 1.807) is 27.1 Å². The largest absolute Gasteiger partial charge is 0.392 e. The Balaban J connectivity index is 1.61. The highest BCUT2D eigenvalue weighted by Gasteiger charge is 2.35. The number of amides is 3. The first-order valence-electron chi connectivity index (χ1n) is 15.0. The number of carbonyl (C=O) groups excluding carboxylic acids is 3. The summed E-state index contributed by atoms with van der Waals surface area (Å²) >= 11 is 0. The van der Waals surface area contributed by atoms with E-state index in [2.05, 4.69) is 5.32 Å². The minimum absolute atomic E-state index is 0.0679. The van der Waals surface area contributed by atoms with Crippen LogP contribution in [0, 0.1) is 0 Å². The van der Waals surface area contributed by atoms with Gasteiger partial charge in [-0.3, -0.25) is 14.4 Å². The average molecular weight is 585 g/mol. The van der Waals surface area contributed by atoms with Crippen LogP contribution in [0.25, 0.3) is 10.8 Å². The molecule has 0 unspecified atom stereocenters. The second kappa shape index (κ2) is 14.4. The minimum Gasteiger partial charge on any atom is -0.392 e. The first-order chi connectivity index (χ1) is 20.6. The van der Waals surface area contributed by atoms with Crippen LogP contribution in [-0.2, 0) is 27.2 Å². The standard InChI is InChI=1S/C35H44N4O4/c1-25(40)24-37-33(42)30(22-26-11-5-4-6-12-26)39(3)34(43)31(23-27-16-17-28-13-7-8-14-29(28)21-27)38(2)32(41)15-9-18-35(36)19-10-20-35/h4-9,11-17,21,25,30-31,40H,10,18-20,22-24,36H2,1-3H3,(H,37,42)/b15-9+/t25-,30-,31-/m1/s1. The monoisotopic (exact) mass is 584 g/mol. The Morgan fingerprint density at radius 1 is 0.907 bits per heavy atom. The van der Waals surface area contributed by atoms with Crippen molar-refractivity contribution in [2.24, 2.45) is 5.73 Å². The third kappa shape index (κ3) is 8.52. The van der Waals surface area contributed by atoms with Crippen LogP contribution < -0.4 is 11.1 Å². The van der Waals surface area contributed by atoms with Gasteiger partial charge in [-0.15, -0.1) is 0 Å². The number of fused-ring (bicyclic) bond motifs is 1. The Labute approximate surface area is 254 Å². The van der Waals surface area contributed by atoms with Crippen molar-refractivity contribution >= 4 is 28.5 Å². The highest BCUT2D eigenvalue weighted by atomic mass is 16.3. The highest BCUT2D eigenvalue weighted by Crippen LogP contribution is 2.32. The van der Waals surface area contributed by atoms with Gasteiger partial charge in [-0.05, 0) is 60.6 Å². The molecule has 8 heteroatoms. The summed E-state index contributed by atoms with van der Waals surface area (Å²) in [5.74, 6) is -1.01. The Kier molecular flexibility index (Phi) is 10.7. The molecule has 8 nitrogen and oxygen atoms in total. The van der Waals surface area contributed by atoms with Gasteiger partial charge in [0.2, 0.25) is 17.7 Å². The highest BCUT2D eigenvalue weighted by molar-refractivity contribution is 5.95. The molecule has 3 amide bonds. The van der Waals surface area contributed by atoms with Crippen molar-refractivity contribution in [2.75, 3.05) is 20.6 Å². The smallest absolute Gasteiger partial charge is 0.246 e. The number of hydrogen-bond acceptors (Lipinski definition) is 5. The molecule has 0 spiro atoms. The molecule has 228 valence electrons. The molecule has 0 saturated heterocycles. The van der Waals surface area contributed by atoms with Gasteiger partial charge in [-0.2, -0.15) is 0 Å². The number of nitrogens with one attached hydrogen (secondary N) is 1. The van der Waals surface area contributed by atoms with E-state index in [1.807, 2.05) is 72.8 Å². The third-order valence-corrected chi connectivity index (χ3v) is 8.44. The maximum absolute atomic E-state index is 14.3. The van der Waals surface area contributed by atoms with Gasteiger partial charge in [0.1, 0.15) is 12.1 Å². The lowest BCUT2D eigenvalue weighted by Gasteiger charge is -2.37. The fourth-order valence-electron chi connectivity index (χ4n) is 5.48. The van der Waals surface area contributed by atoms with Crippen molar-refractivity contribution in [1.29, 1.82) is 0 Å². The minimum atomic E-state index is -0.860. The summed E-state index contributed by atoms with van der Waals surface area (Å²) in [4.78, 5) is 44.0. The topological polar surface area (TPSA) is 116 Å². The molecule has 3 atom stereocenters. The van der Waals surface area contributed by atoms with Gasteiger partial charge < -0.3 is 26.0 Å². The van der Waals surface area contributed by atoms with E-state index in [9.17, 15) is 19.5 Å². The van der Waals surface area contributed by atoms with Gasteiger partial charge in [0.25, 0.3) is 0 Å². The molecule has 4 N–H and O–H groups in total. The van der Waals surface area contributed by atoms with Gasteiger partial charge in [-0.25, -0.2) is 0 Å². The van der Waals surface area contributed by atoms with Crippen LogP contribution in [0.15, 0.2) is 84.9 Å². The number of nitrogens with zero attached hydrogens (tertiary/aromatic N) is 2. The van der Waals surface area contributed by atoms with Crippen molar-refractivity contribution in [3.05, 3.63) is 96.1 Å². The molecule has 0 aliphatic heterocycles. The molecule has 0 bridgehead atoms. The summed E-state index contributed by atoms with van der Waals surface area (Å²) in [5.41, 5.74) is 7.89. The first-order valence-corrected chi connectivity index (χ1v) is 15.0. The normalized spacial score (nSPS) is 16.2. The molecule has 3 aromatic carbocycles. The predicted octanol–water partition coefficient (Wildman–Crippen LogP) is 3.60. The van der Waals surface area contributed by atoms with Gasteiger partial charge in [0.05, 0.1) is 6.10 Å². The molecule has 1 fully saturated rings. The van der Waals surface area contributed by atoms with Crippen LogP contribution in [-0.4, -0.2) is 77.0 Å². The lowest BCUT2D eigenvalue weighted by atomic mass is 9.75. The Bertz CT molecular complexity index is 1430.